The molecular formula is C12H8FO2. The third-order valence-corrected chi connectivity index (χ3v) is 2.01. The van der Waals surface area contributed by atoms with Crippen molar-refractivity contribution in [1.82, 2.24) is 0 Å². The minimum atomic E-state index is -0.554. The van der Waals surface area contributed by atoms with Gasteiger partial charge in [-0.3, -0.25) is 0 Å². The second-order valence-electron chi connectivity index (χ2n) is 3.13. The Morgan fingerprint density at radius 2 is 1.93 bits per heavy atom. The van der Waals surface area contributed by atoms with Gasteiger partial charge < -0.3 is 10.2 Å². The Kier molecular flexibility index (Phi) is 2.29. The smallest absolute Gasteiger partial charge is 0.127 e. The molecule has 0 aliphatic rings. The summed E-state index contributed by atoms with van der Waals surface area (Å²) in [5.74, 6) is -0.731. The molecular weight excluding hydrogens is 195 g/mol. The highest BCUT2D eigenvalue weighted by atomic mass is 19.1. The van der Waals surface area contributed by atoms with Crippen LogP contribution in [0.25, 0.3) is 11.1 Å². The average Bonchev–Trinajstić information content (AvgIpc) is 2.16. The van der Waals surface area contributed by atoms with Crippen LogP contribution in [-0.4, -0.2) is 10.2 Å². The molecule has 0 amide bonds. The molecule has 3 heteroatoms. The molecule has 0 spiro atoms. The lowest BCUT2D eigenvalue weighted by Crippen LogP contribution is -1.81. The number of phenolic OH excluding ortho intramolecular Hbond substituents is 2. The monoisotopic (exact) mass is 203 g/mol. The zero-order valence-corrected chi connectivity index (χ0v) is 7.74. The number of aromatic hydroxyl groups is 2. The summed E-state index contributed by atoms with van der Waals surface area (Å²) in [6, 6.07) is 11.1. The van der Waals surface area contributed by atoms with Crippen LogP contribution < -0.4 is 0 Å². The highest BCUT2D eigenvalue weighted by Gasteiger charge is 2.06. The van der Waals surface area contributed by atoms with Crippen LogP contribution in [0.4, 0.5) is 4.39 Å². The summed E-state index contributed by atoms with van der Waals surface area (Å²) in [5.41, 5.74) is 0.762. The molecule has 0 aliphatic heterocycles. The first-order valence-electron chi connectivity index (χ1n) is 4.36. The predicted molar refractivity (Wildman–Crippen MR) is 54.0 cm³/mol. The molecule has 0 bridgehead atoms. The first-order chi connectivity index (χ1) is 7.16. The van der Waals surface area contributed by atoms with Crippen molar-refractivity contribution in [3.8, 4) is 22.6 Å². The molecule has 0 aliphatic carbocycles. The van der Waals surface area contributed by atoms with E-state index in [4.69, 9.17) is 0 Å². The van der Waals surface area contributed by atoms with Crippen molar-refractivity contribution in [2.45, 2.75) is 0 Å². The standard InChI is InChI=1S/C12H8FO2/c13-9-5-8(6-10(14)7-9)11-3-1-2-4-12(11)15/h1-2,4-7,14-15H. The van der Waals surface area contributed by atoms with Crippen LogP contribution in [0.15, 0.2) is 36.4 Å². The maximum absolute atomic E-state index is 13.0. The fourth-order valence-electron chi connectivity index (χ4n) is 1.38. The molecule has 0 atom stereocenters. The summed E-state index contributed by atoms with van der Waals surface area (Å²) in [4.78, 5) is 0. The highest BCUT2D eigenvalue weighted by molar-refractivity contribution is 5.70. The zero-order chi connectivity index (χ0) is 10.8. The van der Waals surface area contributed by atoms with E-state index < -0.39 is 5.82 Å². The molecule has 0 heterocycles. The molecule has 0 fully saturated rings. The Morgan fingerprint density at radius 1 is 1.13 bits per heavy atom. The number of phenols is 2. The van der Waals surface area contributed by atoms with E-state index in [-0.39, 0.29) is 11.5 Å². The highest BCUT2D eigenvalue weighted by Crippen LogP contribution is 2.30. The van der Waals surface area contributed by atoms with E-state index in [0.29, 0.717) is 11.1 Å². The molecule has 2 N–H and O–H groups in total. The summed E-state index contributed by atoms with van der Waals surface area (Å²) in [6.07, 6.45) is 0. The molecule has 2 aromatic rings. The molecule has 15 heavy (non-hydrogen) atoms. The van der Waals surface area contributed by atoms with Gasteiger partial charge in [-0.25, -0.2) is 4.39 Å². The SMILES string of the molecule is Oc1cc(F)cc(-c2[c]cccc2O)c1. The van der Waals surface area contributed by atoms with Gasteiger partial charge >= 0.3 is 0 Å². The lowest BCUT2D eigenvalue weighted by Gasteiger charge is -2.04. The maximum atomic E-state index is 13.0. The summed E-state index contributed by atoms with van der Waals surface area (Å²) in [7, 11) is 0. The first-order valence-corrected chi connectivity index (χ1v) is 4.36. The van der Waals surface area contributed by atoms with E-state index in [0.717, 1.165) is 6.07 Å². The normalized spacial score (nSPS) is 10.2. The van der Waals surface area contributed by atoms with Crippen molar-refractivity contribution in [3.63, 3.8) is 0 Å². The van der Waals surface area contributed by atoms with Crippen molar-refractivity contribution in [2.75, 3.05) is 0 Å². The first kappa shape index (κ1) is 9.52. The third kappa shape index (κ3) is 1.91. The van der Waals surface area contributed by atoms with Crippen molar-refractivity contribution in [3.05, 3.63) is 48.3 Å². The minimum Gasteiger partial charge on any atom is -0.508 e. The topological polar surface area (TPSA) is 40.5 Å². The van der Waals surface area contributed by atoms with E-state index in [2.05, 4.69) is 6.07 Å². The molecule has 2 aromatic carbocycles. The molecule has 2 rings (SSSR count). The van der Waals surface area contributed by atoms with Crippen molar-refractivity contribution < 1.29 is 14.6 Å². The molecule has 0 unspecified atom stereocenters. The largest absolute Gasteiger partial charge is 0.508 e. The number of halogens is 1. The van der Waals surface area contributed by atoms with Gasteiger partial charge in [-0.05, 0) is 29.8 Å². The van der Waals surface area contributed by atoms with Crippen LogP contribution in [0, 0.1) is 11.9 Å². The second kappa shape index (κ2) is 3.61. The van der Waals surface area contributed by atoms with Gasteiger partial charge in [-0.2, -0.15) is 0 Å². The molecule has 0 saturated heterocycles. The predicted octanol–water partition coefficient (Wildman–Crippen LogP) is 2.70. The average molecular weight is 203 g/mol. The lowest BCUT2D eigenvalue weighted by molar-refractivity contribution is 0.469. The van der Waals surface area contributed by atoms with Gasteiger partial charge in [0.1, 0.15) is 17.3 Å². The van der Waals surface area contributed by atoms with E-state index in [1.807, 2.05) is 0 Å². The molecule has 75 valence electrons. The van der Waals surface area contributed by atoms with Crippen LogP contribution in [0.2, 0.25) is 0 Å². The Labute approximate surface area is 86.2 Å². The zero-order valence-electron chi connectivity index (χ0n) is 7.74. The van der Waals surface area contributed by atoms with Gasteiger partial charge in [0.05, 0.1) is 0 Å². The van der Waals surface area contributed by atoms with E-state index in [1.54, 1.807) is 12.1 Å². The van der Waals surface area contributed by atoms with Crippen LogP contribution in [0.1, 0.15) is 0 Å². The molecule has 1 radical (unpaired) electrons. The second-order valence-corrected chi connectivity index (χ2v) is 3.13. The number of rotatable bonds is 1. The maximum Gasteiger partial charge on any atom is 0.127 e. The molecule has 0 saturated carbocycles. The fourth-order valence-corrected chi connectivity index (χ4v) is 1.38. The van der Waals surface area contributed by atoms with Crippen molar-refractivity contribution in [1.29, 1.82) is 0 Å². The van der Waals surface area contributed by atoms with Gasteiger partial charge in [0.25, 0.3) is 0 Å². The van der Waals surface area contributed by atoms with Gasteiger partial charge in [0.15, 0.2) is 0 Å². The van der Waals surface area contributed by atoms with Crippen LogP contribution in [0.5, 0.6) is 11.5 Å². The number of hydrogen-bond donors (Lipinski definition) is 2. The Morgan fingerprint density at radius 3 is 2.60 bits per heavy atom. The number of hydrogen-bond acceptors (Lipinski definition) is 2. The van der Waals surface area contributed by atoms with Crippen molar-refractivity contribution >= 4 is 0 Å². The molecule has 2 nitrogen and oxygen atoms in total. The summed E-state index contributed by atoms with van der Waals surface area (Å²) < 4.78 is 13.0. The lowest BCUT2D eigenvalue weighted by atomic mass is 10.0. The number of benzene rings is 2. The van der Waals surface area contributed by atoms with Crippen LogP contribution in [-0.2, 0) is 0 Å². The van der Waals surface area contributed by atoms with Gasteiger partial charge in [-0.1, -0.05) is 12.1 Å². The Balaban J connectivity index is 2.59. The Bertz CT molecular complexity index is 474. The Hall–Kier alpha value is -2.03. The van der Waals surface area contributed by atoms with Gasteiger partial charge in [0.2, 0.25) is 0 Å². The molecule has 0 aromatic heterocycles. The van der Waals surface area contributed by atoms with E-state index >= 15 is 0 Å². The quantitative estimate of drug-likeness (QED) is 0.748. The van der Waals surface area contributed by atoms with Crippen LogP contribution >= 0.6 is 0 Å². The third-order valence-electron chi connectivity index (χ3n) is 2.01. The minimum absolute atomic E-state index is 0.00231. The fraction of sp³-hybridized carbons (Fsp3) is 0. The van der Waals surface area contributed by atoms with Crippen molar-refractivity contribution in [2.24, 2.45) is 0 Å². The van der Waals surface area contributed by atoms with E-state index in [1.165, 1.54) is 18.2 Å². The van der Waals surface area contributed by atoms with Gasteiger partial charge in [0, 0.05) is 11.6 Å². The van der Waals surface area contributed by atoms with E-state index in [9.17, 15) is 14.6 Å². The summed E-state index contributed by atoms with van der Waals surface area (Å²) in [5, 5.41) is 18.7. The summed E-state index contributed by atoms with van der Waals surface area (Å²) in [6.45, 7) is 0. The van der Waals surface area contributed by atoms with Crippen LogP contribution in [0.3, 0.4) is 0 Å². The summed E-state index contributed by atoms with van der Waals surface area (Å²) >= 11 is 0. The van der Waals surface area contributed by atoms with Gasteiger partial charge in [-0.15, -0.1) is 0 Å².